The molecule has 25 heavy (non-hydrogen) atoms. The molecule has 5 nitrogen and oxygen atoms in total. The van der Waals surface area contributed by atoms with Crippen molar-refractivity contribution in [1.82, 2.24) is 9.97 Å². The summed E-state index contributed by atoms with van der Waals surface area (Å²) in [6, 6.07) is 8.07. The number of para-hydroxylation sites is 1. The van der Waals surface area contributed by atoms with E-state index in [0.29, 0.717) is 5.39 Å². The van der Waals surface area contributed by atoms with Gasteiger partial charge in [-0.2, -0.15) is 0 Å². The van der Waals surface area contributed by atoms with E-state index < -0.39 is 5.97 Å². The molecule has 0 saturated heterocycles. The van der Waals surface area contributed by atoms with Gasteiger partial charge in [0.05, 0.1) is 23.0 Å². The van der Waals surface area contributed by atoms with Gasteiger partial charge in [-0.05, 0) is 38.0 Å². The van der Waals surface area contributed by atoms with Crippen LogP contribution in [-0.2, 0) is 4.74 Å². The summed E-state index contributed by atoms with van der Waals surface area (Å²) >= 11 is 0. The first-order chi connectivity index (χ1) is 12.0. The molecular weight excluding hydrogens is 316 g/mol. The molecule has 4 aromatic rings. The van der Waals surface area contributed by atoms with E-state index in [4.69, 9.17) is 4.74 Å². The van der Waals surface area contributed by atoms with Crippen molar-refractivity contribution in [2.24, 2.45) is 0 Å². The molecule has 4 rings (SSSR count). The van der Waals surface area contributed by atoms with Gasteiger partial charge in [-0.25, -0.2) is 4.79 Å². The zero-order valence-electron chi connectivity index (χ0n) is 14.3. The van der Waals surface area contributed by atoms with Gasteiger partial charge in [0.1, 0.15) is 5.56 Å². The third kappa shape index (κ3) is 2.09. The molecule has 2 aromatic heterocycles. The summed E-state index contributed by atoms with van der Waals surface area (Å²) in [6.07, 6.45) is 1.45. The maximum atomic E-state index is 12.9. The van der Waals surface area contributed by atoms with E-state index in [1.54, 1.807) is 6.92 Å². The maximum Gasteiger partial charge on any atom is 0.343 e. The summed E-state index contributed by atoms with van der Waals surface area (Å²) in [5.74, 6) is -0.598. The number of pyridine rings is 1. The lowest BCUT2D eigenvalue weighted by Crippen LogP contribution is -2.19. The van der Waals surface area contributed by atoms with Crippen molar-refractivity contribution in [3.63, 3.8) is 0 Å². The average molecular weight is 334 g/mol. The van der Waals surface area contributed by atoms with Crippen molar-refractivity contribution in [3.8, 4) is 0 Å². The van der Waals surface area contributed by atoms with E-state index >= 15 is 0 Å². The van der Waals surface area contributed by atoms with Gasteiger partial charge in [-0.3, -0.25) is 4.79 Å². The Morgan fingerprint density at radius 3 is 2.56 bits per heavy atom. The Labute approximate surface area is 143 Å². The highest BCUT2D eigenvalue weighted by molar-refractivity contribution is 6.16. The van der Waals surface area contributed by atoms with E-state index in [-0.39, 0.29) is 17.6 Å². The molecule has 5 heteroatoms. The molecule has 0 aliphatic heterocycles. The van der Waals surface area contributed by atoms with E-state index in [2.05, 4.69) is 16.0 Å². The molecule has 0 spiro atoms. The summed E-state index contributed by atoms with van der Waals surface area (Å²) < 4.78 is 5.00. The Morgan fingerprint density at radius 2 is 1.80 bits per heavy atom. The predicted octanol–water partition coefficient (Wildman–Crippen LogP) is 3.96. The van der Waals surface area contributed by atoms with Crippen molar-refractivity contribution < 1.29 is 9.53 Å². The van der Waals surface area contributed by atoms with Crippen LogP contribution in [0.15, 0.2) is 35.3 Å². The van der Waals surface area contributed by atoms with Crippen LogP contribution in [-0.4, -0.2) is 22.5 Å². The van der Waals surface area contributed by atoms with Gasteiger partial charge in [0.15, 0.2) is 0 Å². The lowest BCUT2D eigenvalue weighted by molar-refractivity contribution is 0.0524. The second kappa shape index (κ2) is 5.48. The Balaban J connectivity index is 2.18. The number of nitrogens with one attached hydrogen (secondary N) is 2. The molecule has 0 fully saturated rings. The number of aromatic nitrogens is 2. The Morgan fingerprint density at radius 1 is 1.08 bits per heavy atom. The fraction of sp³-hybridized carbons (Fsp3) is 0.200. The zero-order valence-corrected chi connectivity index (χ0v) is 14.3. The van der Waals surface area contributed by atoms with Crippen molar-refractivity contribution >= 4 is 38.7 Å². The smallest absolute Gasteiger partial charge is 0.343 e. The monoisotopic (exact) mass is 334 g/mol. The fourth-order valence-electron chi connectivity index (χ4n) is 3.61. The van der Waals surface area contributed by atoms with Gasteiger partial charge in [-0.15, -0.1) is 0 Å². The van der Waals surface area contributed by atoms with Crippen molar-refractivity contribution in [2.75, 3.05) is 6.61 Å². The van der Waals surface area contributed by atoms with Crippen LogP contribution in [0.1, 0.15) is 28.4 Å². The molecule has 0 aliphatic carbocycles. The Kier molecular flexibility index (Phi) is 3.39. The molecule has 2 heterocycles. The van der Waals surface area contributed by atoms with Gasteiger partial charge in [0.25, 0.3) is 0 Å². The molecule has 0 unspecified atom stereocenters. The number of fused-ring (bicyclic) bond motifs is 4. The molecule has 126 valence electrons. The van der Waals surface area contributed by atoms with Crippen LogP contribution in [0.3, 0.4) is 0 Å². The summed E-state index contributed by atoms with van der Waals surface area (Å²) in [6.45, 7) is 5.85. The topological polar surface area (TPSA) is 75.0 Å². The van der Waals surface area contributed by atoms with Crippen molar-refractivity contribution in [1.29, 1.82) is 0 Å². The van der Waals surface area contributed by atoms with E-state index in [1.165, 1.54) is 6.20 Å². The molecule has 0 atom stereocenters. The summed E-state index contributed by atoms with van der Waals surface area (Å²) in [5.41, 5.74) is 4.27. The van der Waals surface area contributed by atoms with Crippen LogP contribution in [0.5, 0.6) is 0 Å². The van der Waals surface area contributed by atoms with Crippen LogP contribution >= 0.6 is 0 Å². The van der Waals surface area contributed by atoms with Crippen LogP contribution in [0.4, 0.5) is 0 Å². The predicted molar refractivity (Wildman–Crippen MR) is 99.4 cm³/mol. The Hall–Kier alpha value is -3.08. The van der Waals surface area contributed by atoms with Crippen LogP contribution < -0.4 is 5.43 Å². The minimum atomic E-state index is -0.598. The lowest BCUT2D eigenvalue weighted by Gasteiger charge is -2.10. The standard InChI is InChI=1S/C20H18N2O3/c1-4-25-20(24)13-9-21-17-10(2)15-12-7-5-6-8-14(12)22-18(15)11(3)16(17)19(13)23/h5-9,22H,4H2,1-3H3,(H,21,23). The van der Waals surface area contributed by atoms with Crippen LogP contribution in [0, 0.1) is 13.8 Å². The number of carbonyl (C=O) groups excluding carboxylic acids is 1. The van der Waals surface area contributed by atoms with E-state index in [9.17, 15) is 9.59 Å². The normalized spacial score (nSPS) is 11.5. The number of hydrogen-bond acceptors (Lipinski definition) is 3. The van der Waals surface area contributed by atoms with Crippen molar-refractivity contribution in [2.45, 2.75) is 20.8 Å². The summed E-state index contributed by atoms with van der Waals surface area (Å²) in [7, 11) is 0. The van der Waals surface area contributed by atoms with Gasteiger partial charge >= 0.3 is 5.97 Å². The molecule has 0 radical (unpaired) electrons. The van der Waals surface area contributed by atoms with Crippen LogP contribution in [0.2, 0.25) is 0 Å². The highest BCUT2D eigenvalue weighted by Crippen LogP contribution is 2.34. The molecular formula is C20H18N2O3. The summed E-state index contributed by atoms with van der Waals surface area (Å²) in [5, 5.41) is 2.75. The number of rotatable bonds is 2. The first-order valence-electron chi connectivity index (χ1n) is 8.26. The van der Waals surface area contributed by atoms with Gasteiger partial charge in [0, 0.05) is 22.5 Å². The fourth-order valence-corrected chi connectivity index (χ4v) is 3.61. The molecule has 2 N–H and O–H groups in total. The first kappa shape index (κ1) is 15.4. The number of ether oxygens (including phenoxy) is 1. The van der Waals surface area contributed by atoms with E-state index in [1.807, 2.05) is 32.0 Å². The number of carbonyl (C=O) groups is 1. The minimum Gasteiger partial charge on any atom is -0.462 e. The molecule has 0 bridgehead atoms. The number of aromatic amines is 2. The summed E-state index contributed by atoms with van der Waals surface area (Å²) in [4.78, 5) is 31.6. The Bertz CT molecular complexity index is 1210. The number of H-pyrrole nitrogens is 2. The zero-order chi connectivity index (χ0) is 17.7. The molecule has 0 amide bonds. The number of hydrogen-bond donors (Lipinski definition) is 2. The second-order valence-corrected chi connectivity index (χ2v) is 6.17. The highest BCUT2D eigenvalue weighted by Gasteiger charge is 2.20. The third-order valence-corrected chi connectivity index (χ3v) is 4.78. The quantitative estimate of drug-likeness (QED) is 0.545. The third-order valence-electron chi connectivity index (χ3n) is 4.78. The highest BCUT2D eigenvalue weighted by atomic mass is 16.5. The molecule has 0 saturated carbocycles. The largest absolute Gasteiger partial charge is 0.462 e. The minimum absolute atomic E-state index is 0.0345. The van der Waals surface area contributed by atoms with Crippen LogP contribution in [0.25, 0.3) is 32.7 Å². The van der Waals surface area contributed by atoms with Gasteiger partial charge in [-0.1, -0.05) is 18.2 Å². The van der Waals surface area contributed by atoms with Gasteiger partial charge in [0.2, 0.25) is 5.43 Å². The van der Waals surface area contributed by atoms with Crippen molar-refractivity contribution in [3.05, 3.63) is 57.4 Å². The molecule has 2 aromatic carbocycles. The first-order valence-corrected chi connectivity index (χ1v) is 8.26. The number of esters is 1. The van der Waals surface area contributed by atoms with Gasteiger partial charge < -0.3 is 14.7 Å². The lowest BCUT2D eigenvalue weighted by atomic mass is 9.97. The molecule has 0 aliphatic rings. The maximum absolute atomic E-state index is 12.9. The number of aryl methyl sites for hydroxylation is 2. The second-order valence-electron chi connectivity index (χ2n) is 6.17. The SMILES string of the molecule is CCOC(=O)c1c[nH]c2c(C)c3c([nH]c4ccccc43)c(C)c2c1=O. The number of benzene rings is 2. The average Bonchev–Trinajstić information content (AvgIpc) is 2.99. The van der Waals surface area contributed by atoms with E-state index in [0.717, 1.165) is 38.4 Å².